The number of hydrogen-bond acceptors (Lipinski definition) is 4. The predicted octanol–water partition coefficient (Wildman–Crippen LogP) is 2.61. The van der Waals surface area contributed by atoms with E-state index in [-0.39, 0.29) is 17.9 Å². The minimum Gasteiger partial charge on any atom is -0.360 e. The van der Waals surface area contributed by atoms with Crippen LogP contribution in [0, 0.1) is 11.8 Å². The number of rotatable bonds is 7. The van der Waals surface area contributed by atoms with Crippen LogP contribution in [0.5, 0.6) is 0 Å². The molecule has 1 spiro atoms. The molecule has 31 heavy (non-hydrogen) atoms. The third-order valence-electron chi connectivity index (χ3n) is 7.20. The molecule has 0 saturated carbocycles. The van der Waals surface area contributed by atoms with Gasteiger partial charge < -0.3 is 19.9 Å². The minimum atomic E-state index is -0.682. The molecule has 6 nitrogen and oxygen atoms in total. The summed E-state index contributed by atoms with van der Waals surface area (Å²) in [6.45, 7) is 4.88. The van der Waals surface area contributed by atoms with Gasteiger partial charge in [0.2, 0.25) is 11.8 Å². The number of amides is 2. The van der Waals surface area contributed by atoms with Gasteiger partial charge >= 0.3 is 0 Å². The van der Waals surface area contributed by atoms with Crippen LogP contribution in [-0.2, 0) is 20.9 Å². The number of benzene rings is 1. The predicted molar refractivity (Wildman–Crippen MR) is 119 cm³/mol. The van der Waals surface area contributed by atoms with Gasteiger partial charge in [-0.15, -0.1) is 0 Å². The molecule has 4 heterocycles. The van der Waals surface area contributed by atoms with Gasteiger partial charge in [0.25, 0.3) is 0 Å². The second kappa shape index (κ2) is 8.57. The molecule has 0 aromatic heterocycles. The van der Waals surface area contributed by atoms with Gasteiger partial charge in [-0.05, 0) is 50.5 Å². The molecule has 3 fully saturated rings. The molecule has 4 atom stereocenters. The lowest BCUT2D eigenvalue weighted by atomic mass is 9.77. The molecule has 1 aromatic rings. The Balaban J connectivity index is 1.21. The highest BCUT2D eigenvalue weighted by Gasteiger charge is 2.66. The molecule has 4 unspecified atom stereocenters. The Morgan fingerprint density at radius 3 is 2.84 bits per heavy atom. The van der Waals surface area contributed by atoms with E-state index in [0.29, 0.717) is 24.7 Å². The molecule has 166 valence electrons. The molecule has 0 radical (unpaired) electrons. The molecule has 2 amide bonds. The van der Waals surface area contributed by atoms with Gasteiger partial charge in [-0.25, -0.2) is 0 Å². The molecule has 7 heteroatoms. The second-order valence-corrected chi connectivity index (χ2v) is 9.64. The van der Waals surface area contributed by atoms with Gasteiger partial charge in [-0.1, -0.05) is 48.4 Å². The van der Waals surface area contributed by atoms with Crippen molar-refractivity contribution in [2.45, 2.75) is 43.9 Å². The zero-order chi connectivity index (χ0) is 21.4. The van der Waals surface area contributed by atoms with Gasteiger partial charge in [-0.3, -0.25) is 9.59 Å². The molecule has 4 aliphatic rings. The lowest BCUT2D eigenvalue weighted by molar-refractivity contribution is -0.137. The van der Waals surface area contributed by atoms with Crippen LogP contribution in [0.4, 0.5) is 0 Å². The van der Waals surface area contributed by atoms with Gasteiger partial charge in [0, 0.05) is 18.1 Å². The summed E-state index contributed by atoms with van der Waals surface area (Å²) in [5.41, 5.74) is 0.227. The molecule has 1 aromatic carbocycles. The molecule has 2 bridgehead atoms. The maximum absolute atomic E-state index is 13.3. The van der Waals surface area contributed by atoms with Crippen LogP contribution in [-0.4, -0.2) is 66.0 Å². The Hall–Kier alpha value is -1.89. The SMILES string of the molecule is O=C(NCCCN1CCCCC1)C1C2C=CC3(CN(Cc4ccccc4Cl)C(=O)C13)O2. The molecule has 3 saturated heterocycles. The van der Waals surface area contributed by atoms with Crippen molar-refractivity contribution >= 4 is 23.4 Å². The summed E-state index contributed by atoms with van der Waals surface area (Å²) in [6, 6.07) is 7.56. The maximum Gasteiger partial charge on any atom is 0.230 e. The van der Waals surface area contributed by atoms with E-state index in [9.17, 15) is 9.59 Å². The first-order valence-electron chi connectivity index (χ1n) is 11.5. The third kappa shape index (κ3) is 3.90. The summed E-state index contributed by atoms with van der Waals surface area (Å²) < 4.78 is 6.21. The average molecular weight is 444 g/mol. The van der Waals surface area contributed by atoms with Crippen LogP contribution in [0.3, 0.4) is 0 Å². The van der Waals surface area contributed by atoms with E-state index in [1.807, 2.05) is 36.4 Å². The standard InChI is InChI=1S/C24H30ClN3O3/c25-18-8-3-2-7-17(18)15-28-16-24-10-9-19(31-24)20(21(24)23(28)30)22(29)26-11-6-14-27-12-4-1-5-13-27/h2-3,7-10,19-21H,1,4-6,11-16H2,(H,26,29). The fourth-order valence-corrected chi connectivity index (χ4v) is 5.85. The number of nitrogens with one attached hydrogen (secondary N) is 1. The number of nitrogens with zero attached hydrogens (tertiary/aromatic N) is 2. The highest BCUT2D eigenvalue weighted by molar-refractivity contribution is 6.31. The first kappa shape index (κ1) is 21.0. The number of carbonyl (C=O) groups excluding carboxylic acids is 2. The molecule has 4 aliphatic heterocycles. The van der Waals surface area contributed by atoms with Gasteiger partial charge in [0.05, 0.1) is 24.5 Å². The Kier molecular flexibility index (Phi) is 5.80. The van der Waals surface area contributed by atoms with E-state index in [0.717, 1.165) is 31.6 Å². The topological polar surface area (TPSA) is 61.9 Å². The summed E-state index contributed by atoms with van der Waals surface area (Å²) in [4.78, 5) is 30.6. The van der Waals surface area contributed by atoms with Crippen molar-refractivity contribution in [1.82, 2.24) is 15.1 Å². The number of ether oxygens (including phenoxy) is 1. The van der Waals surface area contributed by atoms with Crippen LogP contribution < -0.4 is 5.32 Å². The summed E-state index contributed by atoms with van der Waals surface area (Å²) in [7, 11) is 0. The van der Waals surface area contributed by atoms with E-state index in [1.165, 1.54) is 19.3 Å². The average Bonchev–Trinajstić information content (AvgIpc) is 3.42. The molecular formula is C24H30ClN3O3. The third-order valence-corrected chi connectivity index (χ3v) is 7.57. The molecule has 5 rings (SSSR count). The molecule has 0 aliphatic carbocycles. The van der Waals surface area contributed by atoms with E-state index < -0.39 is 17.4 Å². The number of halogens is 1. The smallest absolute Gasteiger partial charge is 0.230 e. The highest BCUT2D eigenvalue weighted by atomic mass is 35.5. The number of fused-ring (bicyclic) bond motifs is 1. The van der Waals surface area contributed by atoms with E-state index in [1.54, 1.807) is 4.90 Å². The minimum absolute atomic E-state index is 0.0137. The zero-order valence-electron chi connectivity index (χ0n) is 17.8. The number of likely N-dealkylation sites (tertiary alicyclic amines) is 2. The monoisotopic (exact) mass is 443 g/mol. The summed E-state index contributed by atoms with van der Waals surface area (Å²) in [6.07, 6.45) is 8.45. The van der Waals surface area contributed by atoms with Crippen LogP contribution in [0.15, 0.2) is 36.4 Å². The number of hydrogen-bond donors (Lipinski definition) is 1. The fourth-order valence-electron chi connectivity index (χ4n) is 5.66. The summed E-state index contributed by atoms with van der Waals surface area (Å²) in [5.74, 6) is -0.983. The molecular weight excluding hydrogens is 414 g/mol. The van der Waals surface area contributed by atoms with Crippen LogP contribution in [0.1, 0.15) is 31.2 Å². The van der Waals surface area contributed by atoms with E-state index >= 15 is 0 Å². The van der Waals surface area contributed by atoms with Crippen molar-refractivity contribution in [1.29, 1.82) is 0 Å². The largest absolute Gasteiger partial charge is 0.360 e. The van der Waals surface area contributed by atoms with Crippen molar-refractivity contribution < 1.29 is 14.3 Å². The Labute approximate surface area is 188 Å². The summed E-state index contributed by atoms with van der Waals surface area (Å²) in [5, 5.41) is 3.73. The van der Waals surface area contributed by atoms with Crippen molar-refractivity contribution in [3.8, 4) is 0 Å². The van der Waals surface area contributed by atoms with Crippen molar-refractivity contribution in [3.05, 3.63) is 47.0 Å². The number of carbonyl (C=O) groups is 2. The summed E-state index contributed by atoms with van der Waals surface area (Å²) >= 11 is 6.30. The first-order chi connectivity index (χ1) is 15.1. The Morgan fingerprint density at radius 2 is 2.03 bits per heavy atom. The quantitative estimate of drug-likeness (QED) is 0.519. The van der Waals surface area contributed by atoms with E-state index in [2.05, 4.69) is 10.2 Å². The lowest BCUT2D eigenvalue weighted by Crippen LogP contribution is -2.44. The van der Waals surface area contributed by atoms with Crippen LogP contribution in [0.2, 0.25) is 5.02 Å². The van der Waals surface area contributed by atoms with Gasteiger partial charge in [-0.2, -0.15) is 0 Å². The fraction of sp³-hybridized carbons (Fsp3) is 0.583. The molecule has 1 N–H and O–H groups in total. The normalized spacial score (nSPS) is 32.0. The number of piperidine rings is 1. The lowest BCUT2D eigenvalue weighted by Gasteiger charge is -2.26. The van der Waals surface area contributed by atoms with Crippen molar-refractivity contribution in [3.63, 3.8) is 0 Å². The second-order valence-electron chi connectivity index (χ2n) is 9.23. The van der Waals surface area contributed by atoms with Crippen LogP contribution >= 0.6 is 11.6 Å². The highest BCUT2D eigenvalue weighted by Crippen LogP contribution is 2.52. The Morgan fingerprint density at radius 1 is 1.23 bits per heavy atom. The van der Waals surface area contributed by atoms with Gasteiger partial charge in [0.15, 0.2) is 0 Å². The van der Waals surface area contributed by atoms with Crippen molar-refractivity contribution in [2.24, 2.45) is 11.8 Å². The zero-order valence-corrected chi connectivity index (χ0v) is 18.5. The van der Waals surface area contributed by atoms with Crippen LogP contribution in [0.25, 0.3) is 0 Å². The first-order valence-corrected chi connectivity index (χ1v) is 11.8. The van der Waals surface area contributed by atoms with Crippen molar-refractivity contribution in [2.75, 3.05) is 32.7 Å². The van der Waals surface area contributed by atoms with Gasteiger partial charge in [0.1, 0.15) is 5.60 Å². The van der Waals surface area contributed by atoms with E-state index in [4.69, 9.17) is 16.3 Å². The Bertz CT molecular complexity index is 885. The maximum atomic E-state index is 13.3.